The first-order chi connectivity index (χ1) is 6.68. The summed E-state index contributed by atoms with van der Waals surface area (Å²) in [6.07, 6.45) is 8.55. The van der Waals surface area contributed by atoms with Crippen LogP contribution in [0.1, 0.15) is 59.3 Å². The molecule has 1 aliphatic carbocycles. The molecule has 1 saturated carbocycles. The van der Waals surface area contributed by atoms with Gasteiger partial charge in [0.25, 0.3) is 0 Å². The third kappa shape index (κ3) is 6.42. The first kappa shape index (κ1) is 12.0. The molecular weight excluding hydrogens is 170 g/mol. The van der Waals surface area contributed by atoms with Crippen molar-refractivity contribution in [3.63, 3.8) is 0 Å². The minimum Gasteiger partial charge on any atom is -0.314 e. The standard InChI is InChI=1S/C13H27N/c1-11(2)6-7-12(3)14-10-4-5-13-8-9-13/h11-14H,4-10H2,1-3H3. The monoisotopic (exact) mass is 197 g/mol. The molecule has 0 aromatic carbocycles. The van der Waals surface area contributed by atoms with E-state index in [1.165, 1.54) is 45.1 Å². The van der Waals surface area contributed by atoms with Crippen molar-refractivity contribution >= 4 is 0 Å². The van der Waals surface area contributed by atoms with Gasteiger partial charge in [-0.05, 0) is 51.0 Å². The lowest BCUT2D eigenvalue weighted by Crippen LogP contribution is -2.27. The molecule has 1 rings (SSSR count). The second kappa shape index (κ2) is 6.44. The summed E-state index contributed by atoms with van der Waals surface area (Å²) in [5, 5.41) is 3.62. The molecule has 1 N–H and O–H groups in total. The molecule has 14 heavy (non-hydrogen) atoms. The van der Waals surface area contributed by atoms with Crippen molar-refractivity contribution in [1.29, 1.82) is 0 Å². The predicted octanol–water partition coefficient (Wildman–Crippen LogP) is 3.59. The number of nitrogens with one attached hydrogen (secondary N) is 1. The summed E-state index contributed by atoms with van der Waals surface area (Å²) in [7, 11) is 0. The third-order valence-electron chi connectivity index (χ3n) is 3.16. The topological polar surface area (TPSA) is 12.0 Å². The third-order valence-corrected chi connectivity index (χ3v) is 3.16. The molecule has 1 aliphatic rings. The number of hydrogen-bond donors (Lipinski definition) is 1. The fourth-order valence-electron chi connectivity index (χ4n) is 1.83. The van der Waals surface area contributed by atoms with Gasteiger partial charge in [0.1, 0.15) is 0 Å². The van der Waals surface area contributed by atoms with Gasteiger partial charge < -0.3 is 5.32 Å². The van der Waals surface area contributed by atoms with Gasteiger partial charge in [-0.1, -0.05) is 26.7 Å². The molecule has 1 heteroatoms. The van der Waals surface area contributed by atoms with E-state index in [1.807, 2.05) is 0 Å². The van der Waals surface area contributed by atoms with Crippen LogP contribution in [0, 0.1) is 11.8 Å². The van der Waals surface area contributed by atoms with Crippen molar-refractivity contribution in [3.8, 4) is 0 Å². The predicted molar refractivity (Wildman–Crippen MR) is 63.5 cm³/mol. The maximum absolute atomic E-state index is 3.62. The van der Waals surface area contributed by atoms with Gasteiger partial charge in [0.2, 0.25) is 0 Å². The molecule has 1 fully saturated rings. The Morgan fingerprint density at radius 1 is 1.14 bits per heavy atom. The maximum atomic E-state index is 3.62. The summed E-state index contributed by atoms with van der Waals surface area (Å²) < 4.78 is 0. The zero-order valence-corrected chi connectivity index (χ0v) is 10.2. The molecule has 0 aliphatic heterocycles. The summed E-state index contributed by atoms with van der Waals surface area (Å²) >= 11 is 0. The van der Waals surface area contributed by atoms with E-state index in [2.05, 4.69) is 26.1 Å². The molecule has 0 spiro atoms. The van der Waals surface area contributed by atoms with Gasteiger partial charge in [-0.3, -0.25) is 0 Å². The largest absolute Gasteiger partial charge is 0.314 e. The van der Waals surface area contributed by atoms with E-state index in [0.29, 0.717) is 0 Å². The molecule has 0 saturated heterocycles. The Hall–Kier alpha value is -0.0400. The van der Waals surface area contributed by atoms with Crippen molar-refractivity contribution in [2.24, 2.45) is 11.8 Å². The summed E-state index contributed by atoms with van der Waals surface area (Å²) in [5.74, 6) is 1.95. The molecule has 0 radical (unpaired) electrons. The lowest BCUT2D eigenvalue weighted by atomic mass is 10.0. The van der Waals surface area contributed by atoms with E-state index in [9.17, 15) is 0 Å². The minimum atomic E-state index is 0.719. The summed E-state index contributed by atoms with van der Waals surface area (Å²) in [6.45, 7) is 8.16. The van der Waals surface area contributed by atoms with Gasteiger partial charge in [0.15, 0.2) is 0 Å². The molecule has 0 heterocycles. The van der Waals surface area contributed by atoms with E-state index in [0.717, 1.165) is 17.9 Å². The van der Waals surface area contributed by atoms with E-state index in [1.54, 1.807) is 0 Å². The van der Waals surface area contributed by atoms with Gasteiger partial charge in [-0.25, -0.2) is 0 Å². The van der Waals surface area contributed by atoms with Crippen molar-refractivity contribution in [2.75, 3.05) is 6.54 Å². The lowest BCUT2D eigenvalue weighted by Gasteiger charge is -2.14. The average Bonchev–Trinajstić information content (AvgIpc) is 2.92. The zero-order chi connectivity index (χ0) is 10.4. The Morgan fingerprint density at radius 3 is 2.43 bits per heavy atom. The number of rotatable bonds is 8. The molecule has 1 atom stereocenters. The van der Waals surface area contributed by atoms with Crippen molar-refractivity contribution < 1.29 is 0 Å². The highest BCUT2D eigenvalue weighted by Crippen LogP contribution is 2.33. The maximum Gasteiger partial charge on any atom is 0.00388 e. The van der Waals surface area contributed by atoms with Gasteiger partial charge in [0.05, 0.1) is 0 Å². The first-order valence-electron chi connectivity index (χ1n) is 6.42. The fourth-order valence-corrected chi connectivity index (χ4v) is 1.83. The SMILES string of the molecule is CC(C)CCC(C)NCCCC1CC1. The van der Waals surface area contributed by atoms with Crippen LogP contribution in [0.4, 0.5) is 0 Å². The van der Waals surface area contributed by atoms with Crippen LogP contribution in [0.25, 0.3) is 0 Å². The molecule has 1 unspecified atom stereocenters. The van der Waals surface area contributed by atoms with Crippen LogP contribution in [0.3, 0.4) is 0 Å². The first-order valence-corrected chi connectivity index (χ1v) is 6.42. The highest BCUT2D eigenvalue weighted by atomic mass is 14.9. The Labute approximate surface area is 89.7 Å². The van der Waals surface area contributed by atoms with Crippen LogP contribution >= 0.6 is 0 Å². The Morgan fingerprint density at radius 2 is 1.86 bits per heavy atom. The molecule has 0 amide bonds. The van der Waals surface area contributed by atoms with E-state index >= 15 is 0 Å². The highest BCUT2D eigenvalue weighted by molar-refractivity contribution is 4.73. The van der Waals surface area contributed by atoms with Crippen LogP contribution in [-0.4, -0.2) is 12.6 Å². The average molecular weight is 197 g/mol. The lowest BCUT2D eigenvalue weighted by molar-refractivity contribution is 0.443. The molecular formula is C13H27N. The van der Waals surface area contributed by atoms with Crippen molar-refractivity contribution in [1.82, 2.24) is 5.32 Å². The van der Waals surface area contributed by atoms with Gasteiger partial charge in [0, 0.05) is 6.04 Å². The van der Waals surface area contributed by atoms with E-state index in [4.69, 9.17) is 0 Å². The molecule has 0 aromatic heterocycles. The summed E-state index contributed by atoms with van der Waals surface area (Å²) in [5.41, 5.74) is 0. The zero-order valence-electron chi connectivity index (χ0n) is 10.2. The molecule has 1 nitrogen and oxygen atoms in total. The Bertz CT molecular complexity index is 138. The van der Waals surface area contributed by atoms with Crippen LogP contribution in [0.2, 0.25) is 0 Å². The smallest absolute Gasteiger partial charge is 0.00388 e. The minimum absolute atomic E-state index is 0.719. The van der Waals surface area contributed by atoms with Gasteiger partial charge in [-0.15, -0.1) is 0 Å². The van der Waals surface area contributed by atoms with Gasteiger partial charge in [-0.2, -0.15) is 0 Å². The van der Waals surface area contributed by atoms with Crippen LogP contribution < -0.4 is 5.32 Å². The Kier molecular flexibility index (Phi) is 5.54. The van der Waals surface area contributed by atoms with Gasteiger partial charge >= 0.3 is 0 Å². The summed E-state index contributed by atoms with van der Waals surface area (Å²) in [4.78, 5) is 0. The fraction of sp³-hybridized carbons (Fsp3) is 1.00. The van der Waals surface area contributed by atoms with E-state index < -0.39 is 0 Å². The van der Waals surface area contributed by atoms with E-state index in [-0.39, 0.29) is 0 Å². The summed E-state index contributed by atoms with van der Waals surface area (Å²) in [6, 6.07) is 0.719. The second-order valence-electron chi connectivity index (χ2n) is 5.41. The van der Waals surface area contributed by atoms with Crippen LogP contribution in [0.15, 0.2) is 0 Å². The quantitative estimate of drug-likeness (QED) is 0.586. The van der Waals surface area contributed by atoms with Crippen LogP contribution in [0.5, 0.6) is 0 Å². The Balaban J connectivity index is 1.83. The molecule has 0 bridgehead atoms. The highest BCUT2D eigenvalue weighted by Gasteiger charge is 2.19. The van der Waals surface area contributed by atoms with Crippen molar-refractivity contribution in [3.05, 3.63) is 0 Å². The van der Waals surface area contributed by atoms with Crippen molar-refractivity contribution in [2.45, 2.75) is 65.3 Å². The number of hydrogen-bond acceptors (Lipinski definition) is 1. The van der Waals surface area contributed by atoms with Crippen LogP contribution in [-0.2, 0) is 0 Å². The molecule has 84 valence electrons. The molecule has 0 aromatic rings. The second-order valence-corrected chi connectivity index (χ2v) is 5.41. The normalized spacial score (nSPS) is 18.9.